The van der Waals surface area contributed by atoms with Crippen molar-refractivity contribution in [3.05, 3.63) is 33.3 Å². The van der Waals surface area contributed by atoms with Crippen molar-refractivity contribution < 1.29 is 14.3 Å². The minimum Gasteiger partial charge on any atom is -0.460 e. The Kier molecular flexibility index (Phi) is 4.29. The summed E-state index contributed by atoms with van der Waals surface area (Å²) in [5.41, 5.74) is 0.254. The van der Waals surface area contributed by atoms with Crippen molar-refractivity contribution in [2.24, 2.45) is 0 Å². The second-order valence-corrected chi connectivity index (χ2v) is 3.94. The fourth-order valence-corrected chi connectivity index (χ4v) is 1.45. The van der Waals surface area contributed by atoms with Crippen molar-refractivity contribution in [1.82, 2.24) is 0 Å². The summed E-state index contributed by atoms with van der Waals surface area (Å²) >= 11 is 8.92. The Morgan fingerprint density at radius 3 is 2.67 bits per heavy atom. The van der Waals surface area contributed by atoms with E-state index in [0.29, 0.717) is 9.50 Å². The van der Waals surface area contributed by atoms with Crippen molar-refractivity contribution in [3.63, 3.8) is 0 Å². The number of Topliss-reactive ketones (excluding diaryl/α,β-unsaturated/α-hetero) is 1. The molecule has 5 heteroatoms. The normalized spacial score (nSPS) is 9.80. The molecule has 0 amide bonds. The van der Waals surface area contributed by atoms with Crippen LogP contribution in [0.1, 0.15) is 17.3 Å². The highest BCUT2D eigenvalue weighted by Crippen LogP contribution is 2.23. The van der Waals surface area contributed by atoms with Crippen LogP contribution in [0, 0.1) is 0 Å². The van der Waals surface area contributed by atoms with Gasteiger partial charge >= 0.3 is 5.97 Å². The van der Waals surface area contributed by atoms with Crippen LogP contribution in [0.25, 0.3) is 0 Å². The van der Waals surface area contributed by atoms with Crippen molar-refractivity contribution >= 4 is 39.3 Å². The molecule has 0 aliphatic heterocycles. The van der Waals surface area contributed by atoms with E-state index in [2.05, 4.69) is 20.7 Å². The molecule has 3 nitrogen and oxygen atoms in total. The molecule has 0 bridgehead atoms. The average molecular weight is 292 g/mol. The minimum absolute atomic E-state index is 0.180. The van der Waals surface area contributed by atoms with E-state index in [1.165, 1.54) is 18.2 Å². The van der Waals surface area contributed by atoms with Crippen LogP contribution >= 0.6 is 27.5 Å². The van der Waals surface area contributed by atoms with Gasteiger partial charge in [0.05, 0.1) is 11.6 Å². The van der Waals surface area contributed by atoms with Gasteiger partial charge < -0.3 is 4.74 Å². The summed E-state index contributed by atoms with van der Waals surface area (Å²) < 4.78 is 5.16. The van der Waals surface area contributed by atoms with Gasteiger partial charge in [0.1, 0.15) is 0 Å². The summed E-state index contributed by atoms with van der Waals surface area (Å²) in [6.45, 7) is 1.82. The van der Waals surface area contributed by atoms with Crippen molar-refractivity contribution in [3.8, 4) is 0 Å². The summed E-state index contributed by atoms with van der Waals surface area (Å²) in [6, 6.07) is 4.51. The molecule has 0 aliphatic carbocycles. The quantitative estimate of drug-likeness (QED) is 0.488. The second kappa shape index (κ2) is 5.28. The number of ketones is 1. The van der Waals surface area contributed by atoms with Gasteiger partial charge in [-0.25, -0.2) is 4.79 Å². The van der Waals surface area contributed by atoms with E-state index in [1.807, 2.05) is 0 Å². The monoisotopic (exact) mass is 290 g/mol. The Morgan fingerprint density at radius 2 is 2.13 bits per heavy atom. The number of rotatable bonds is 3. The minimum atomic E-state index is -0.855. The van der Waals surface area contributed by atoms with Crippen LogP contribution < -0.4 is 0 Å². The molecule has 1 rings (SSSR count). The third-order valence-corrected chi connectivity index (χ3v) is 2.86. The molecule has 0 saturated heterocycles. The summed E-state index contributed by atoms with van der Waals surface area (Å²) in [7, 11) is 0. The van der Waals surface area contributed by atoms with E-state index < -0.39 is 11.8 Å². The summed E-state index contributed by atoms with van der Waals surface area (Å²) in [5, 5.41) is 0.482. The third kappa shape index (κ3) is 3.04. The fraction of sp³-hybridized carbons (Fsp3) is 0.200. The lowest BCUT2D eigenvalue weighted by Crippen LogP contribution is -2.17. The lowest BCUT2D eigenvalue weighted by molar-refractivity contribution is -0.137. The zero-order valence-electron chi connectivity index (χ0n) is 7.92. The van der Waals surface area contributed by atoms with Gasteiger partial charge in [0.15, 0.2) is 0 Å². The molecule has 80 valence electrons. The summed E-state index contributed by atoms with van der Waals surface area (Å²) in [4.78, 5) is 22.6. The molecule has 0 N–H and O–H groups in total. The van der Waals surface area contributed by atoms with Crippen LogP contribution in [0.4, 0.5) is 0 Å². The first-order chi connectivity index (χ1) is 7.06. The largest absolute Gasteiger partial charge is 0.460 e. The zero-order valence-corrected chi connectivity index (χ0v) is 10.3. The van der Waals surface area contributed by atoms with Crippen LogP contribution in [-0.4, -0.2) is 18.4 Å². The Labute approximate surface area is 100 Å². The van der Waals surface area contributed by atoms with E-state index in [1.54, 1.807) is 6.92 Å². The van der Waals surface area contributed by atoms with Crippen LogP contribution in [0.5, 0.6) is 0 Å². The maximum absolute atomic E-state index is 11.5. The number of carbonyl (C=O) groups is 2. The fourth-order valence-electron chi connectivity index (χ4n) is 0.952. The predicted molar refractivity (Wildman–Crippen MR) is 60.1 cm³/mol. The Balaban J connectivity index is 2.92. The van der Waals surface area contributed by atoms with Crippen molar-refractivity contribution in [2.45, 2.75) is 6.92 Å². The van der Waals surface area contributed by atoms with Crippen molar-refractivity contribution in [1.29, 1.82) is 0 Å². The molecule has 1 aromatic rings. The number of ether oxygens (including phenoxy) is 1. The number of esters is 1. The number of benzene rings is 1. The summed E-state index contributed by atoms with van der Waals surface area (Å²) in [6.07, 6.45) is 0. The molecule has 0 unspecified atom stereocenters. The standard InChI is InChI=1S/C10H8BrClO3/c1-2-15-10(14)9(13)6-3-4-8(12)7(11)5-6/h3-5H,2H2,1H3. The van der Waals surface area contributed by atoms with Gasteiger partial charge in [-0.2, -0.15) is 0 Å². The van der Waals surface area contributed by atoms with E-state index in [9.17, 15) is 9.59 Å². The van der Waals surface area contributed by atoms with Gasteiger partial charge in [0.2, 0.25) is 0 Å². The third-order valence-electron chi connectivity index (χ3n) is 1.64. The number of carbonyl (C=O) groups excluding carboxylic acids is 2. The van der Waals surface area contributed by atoms with Crippen LogP contribution in [0.2, 0.25) is 5.02 Å². The maximum Gasteiger partial charge on any atom is 0.379 e. The van der Waals surface area contributed by atoms with E-state index in [0.717, 1.165) is 0 Å². The van der Waals surface area contributed by atoms with Crippen LogP contribution in [-0.2, 0) is 9.53 Å². The second-order valence-electron chi connectivity index (χ2n) is 2.68. The first kappa shape index (κ1) is 12.2. The van der Waals surface area contributed by atoms with Gasteiger partial charge in [0, 0.05) is 10.0 Å². The van der Waals surface area contributed by atoms with Gasteiger partial charge in [-0.05, 0) is 41.1 Å². The Hall–Kier alpha value is -0.870. The zero-order chi connectivity index (χ0) is 11.4. The van der Waals surface area contributed by atoms with E-state index >= 15 is 0 Å². The van der Waals surface area contributed by atoms with Crippen LogP contribution in [0.3, 0.4) is 0 Å². The number of hydrogen-bond donors (Lipinski definition) is 0. The van der Waals surface area contributed by atoms with Gasteiger partial charge in [-0.3, -0.25) is 4.79 Å². The highest BCUT2D eigenvalue weighted by molar-refractivity contribution is 9.10. The Bertz CT molecular complexity index is 404. The molecule has 0 spiro atoms. The van der Waals surface area contributed by atoms with E-state index in [-0.39, 0.29) is 12.2 Å². The predicted octanol–water partition coefficient (Wildman–Crippen LogP) is 2.85. The highest BCUT2D eigenvalue weighted by Gasteiger charge is 2.17. The Morgan fingerprint density at radius 1 is 1.47 bits per heavy atom. The first-order valence-electron chi connectivity index (χ1n) is 4.22. The molecular formula is C10H8BrClO3. The van der Waals surface area contributed by atoms with Crippen LogP contribution in [0.15, 0.2) is 22.7 Å². The van der Waals surface area contributed by atoms with Crippen molar-refractivity contribution in [2.75, 3.05) is 6.61 Å². The smallest absolute Gasteiger partial charge is 0.379 e. The maximum atomic E-state index is 11.5. The van der Waals surface area contributed by atoms with E-state index in [4.69, 9.17) is 11.6 Å². The molecule has 0 radical (unpaired) electrons. The molecule has 0 heterocycles. The van der Waals surface area contributed by atoms with Gasteiger partial charge in [-0.1, -0.05) is 11.6 Å². The molecular weight excluding hydrogens is 283 g/mol. The topological polar surface area (TPSA) is 43.4 Å². The average Bonchev–Trinajstić information content (AvgIpc) is 2.21. The molecule has 0 aromatic heterocycles. The highest BCUT2D eigenvalue weighted by atomic mass is 79.9. The lowest BCUT2D eigenvalue weighted by atomic mass is 10.1. The van der Waals surface area contributed by atoms with Gasteiger partial charge in [-0.15, -0.1) is 0 Å². The molecule has 0 aliphatic rings. The number of hydrogen-bond acceptors (Lipinski definition) is 3. The summed E-state index contributed by atoms with van der Waals surface area (Å²) in [5.74, 6) is -1.53. The first-order valence-corrected chi connectivity index (χ1v) is 5.40. The lowest BCUT2D eigenvalue weighted by Gasteiger charge is -2.02. The molecule has 15 heavy (non-hydrogen) atoms. The SMILES string of the molecule is CCOC(=O)C(=O)c1ccc(Cl)c(Br)c1. The molecule has 0 fully saturated rings. The molecule has 1 aromatic carbocycles. The van der Waals surface area contributed by atoms with Gasteiger partial charge in [0.25, 0.3) is 5.78 Å². The number of halogens is 2. The molecule has 0 saturated carbocycles. The molecule has 0 atom stereocenters.